The number of nitriles is 1. The van der Waals surface area contributed by atoms with Crippen LogP contribution in [-0.4, -0.2) is 6.29 Å². The highest BCUT2D eigenvalue weighted by molar-refractivity contribution is 5.89. The lowest BCUT2D eigenvalue weighted by Gasteiger charge is -2.17. The molecule has 0 aliphatic heterocycles. The van der Waals surface area contributed by atoms with Crippen LogP contribution in [-0.2, 0) is 0 Å². The van der Waals surface area contributed by atoms with Gasteiger partial charge in [-0.2, -0.15) is 5.26 Å². The normalized spacial score (nSPS) is 18.9. The van der Waals surface area contributed by atoms with E-state index in [0.29, 0.717) is 5.56 Å². The fourth-order valence-electron chi connectivity index (χ4n) is 2.12. The Bertz CT molecular complexity index is 546. The third kappa shape index (κ3) is 2.19. The van der Waals surface area contributed by atoms with Crippen LogP contribution in [0.3, 0.4) is 0 Å². The summed E-state index contributed by atoms with van der Waals surface area (Å²) < 4.78 is 0. The van der Waals surface area contributed by atoms with Crippen LogP contribution in [0.4, 0.5) is 0 Å². The highest BCUT2D eigenvalue weighted by Crippen LogP contribution is 2.31. The van der Waals surface area contributed by atoms with E-state index in [4.69, 9.17) is 5.26 Å². The van der Waals surface area contributed by atoms with E-state index < -0.39 is 0 Å². The monoisotopic (exact) mass is 223 g/mol. The van der Waals surface area contributed by atoms with Gasteiger partial charge in [-0.05, 0) is 24.5 Å². The molecule has 2 nitrogen and oxygen atoms in total. The molecule has 1 atom stereocenters. The van der Waals surface area contributed by atoms with Gasteiger partial charge in [0.1, 0.15) is 0 Å². The zero-order chi connectivity index (χ0) is 12.3. The van der Waals surface area contributed by atoms with Gasteiger partial charge in [-0.25, -0.2) is 0 Å². The Hall–Kier alpha value is -2.14. The number of benzene rings is 1. The average molecular weight is 223 g/mol. The summed E-state index contributed by atoms with van der Waals surface area (Å²) in [6.07, 6.45) is 5.48. The molecule has 1 aromatic carbocycles. The molecular formula is C15H13NO. The molecule has 2 heteroatoms. The minimum absolute atomic E-state index is 0.0397. The maximum atomic E-state index is 11.0. The fourth-order valence-corrected chi connectivity index (χ4v) is 2.12. The second-order valence-electron chi connectivity index (χ2n) is 4.20. The summed E-state index contributed by atoms with van der Waals surface area (Å²) in [5, 5.41) is 8.89. The van der Waals surface area contributed by atoms with Crippen molar-refractivity contribution in [2.24, 2.45) is 5.92 Å². The number of carbonyl (C=O) groups is 1. The molecule has 0 bridgehead atoms. The van der Waals surface area contributed by atoms with E-state index in [1.54, 1.807) is 0 Å². The Morgan fingerprint density at radius 3 is 2.82 bits per heavy atom. The van der Waals surface area contributed by atoms with Crippen LogP contribution in [0.1, 0.15) is 29.3 Å². The quantitative estimate of drug-likeness (QED) is 0.721. The molecule has 0 saturated carbocycles. The molecule has 0 fully saturated rings. The number of hydrogen-bond donors (Lipinski definition) is 0. The van der Waals surface area contributed by atoms with Gasteiger partial charge in [0.25, 0.3) is 0 Å². The zero-order valence-corrected chi connectivity index (χ0v) is 9.68. The van der Waals surface area contributed by atoms with Gasteiger partial charge in [0, 0.05) is 5.56 Å². The summed E-state index contributed by atoms with van der Waals surface area (Å²) in [4.78, 5) is 11.0. The summed E-state index contributed by atoms with van der Waals surface area (Å²) >= 11 is 0. The molecule has 0 aromatic heterocycles. The third-order valence-electron chi connectivity index (χ3n) is 3.02. The van der Waals surface area contributed by atoms with Crippen LogP contribution >= 0.6 is 0 Å². The summed E-state index contributed by atoms with van der Waals surface area (Å²) in [5.74, 6) is -0.0397. The van der Waals surface area contributed by atoms with Crippen molar-refractivity contribution in [1.29, 1.82) is 5.26 Å². The van der Waals surface area contributed by atoms with Crippen LogP contribution < -0.4 is 0 Å². The number of aldehydes is 1. The molecule has 0 saturated heterocycles. The van der Waals surface area contributed by atoms with Gasteiger partial charge in [0.05, 0.1) is 12.0 Å². The highest BCUT2D eigenvalue weighted by atomic mass is 16.1. The van der Waals surface area contributed by atoms with Crippen LogP contribution in [0.15, 0.2) is 42.0 Å². The molecule has 84 valence electrons. The zero-order valence-electron chi connectivity index (χ0n) is 9.68. The van der Waals surface area contributed by atoms with Crippen molar-refractivity contribution in [3.63, 3.8) is 0 Å². The molecule has 1 aliphatic carbocycles. The van der Waals surface area contributed by atoms with Gasteiger partial charge in [-0.1, -0.05) is 42.0 Å². The van der Waals surface area contributed by atoms with E-state index >= 15 is 0 Å². The van der Waals surface area contributed by atoms with E-state index in [0.717, 1.165) is 29.4 Å². The lowest BCUT2D eigenvalue weighted by molar-refractivity contribution is 0.112. The lowest BCUT2D eigenvalue weighted by atomic mass is 9.86. The van der Waals surface area contributed by atoms with Crippen molar-refractivity contribution in [3.05, 3.63) is 53.1 Å². The minimum Gasteiger partial charge on any atom is -0.298 e. The first-order valence-corrected chi connectivity index (χ1v) is 5.58. The van der Waals surface area contributed by atoms with Gasteiger partial charge >= 0.3 is 0 Å². The predicted molar refractivity (Wildman–Crippen MR) is 67.3 cm³/mol. The Morgan fingerprint density at radius 1 is 1.41 bits per heavy atom. The van der Waals surface area contributed by atoms with Crippen molar-refractivity contribution >= 4 is 11.9 Å². The van der Waals surface area contributed by atoms with Crippen LogP contribution in [0.25, 0.3) is 5.57 Å². The van der Waals surface area contributed by atoms with Crippen LogP contribution in [0.5, 0.6) is 0 Å². The van der Waals surface area contributed by atoms with E-state index in [1.165, 1.54) is 0 Å². The first-order valence-electron chi connectivity index (χ1n) is 5.58. The van der Waals surface area contributed by atoms with Crippen LogP contribution in [0, 0.1) is 17.2 Å². The van der Waals surface area contributed by atoms with Crippen molar-refractivity contribution in [3.8, 4) is 6.07 Å². The SMILES string of the molecule is CC1=C(c2ccccc2C=O)C=CC(C#N)C1. The van der Waals surface area contributed by atoms with E-state index in [-0.39, 0.29) is 5.92 Å². The highest BCUT2D eigenvalue weighted by Gasteiger charge is 2.15. The Balaban J connectivity index is 2.45. The van der Waals surface area contributed by atoms with Gasteiger partial charge in [-0.3, -0.25) is 4.79 Å². The molecule has 0 amide bonds. The molecule has 0 heterocycles. The molecule has 17 heavy (non-hydrogen) atoms. The van der Waals surface area contributed by atoms with Crippen molar-refractivity contribution in [2.75, 3.05) is 0 Å². The standard InChI is InChI=1S/C15H13NO/c1-11-8-12(9-16)6-7-14(11)15-5-3-2-4-13(15)10-17/h2-7,10,12H,8H2,1H3. The van der Waals surface area contributed by atoms with E-state index in [1.807, 2.05) is 43.3 Å². The Kier molecular flexibility index (Phi) is 3.20. The summed E-state index contributed by atoms with van der Waals surface area (Å²) in [6, 6.07) is 9.78. The van der Waals surface area contributed by atoms with E-state index in [2.05, 4.69) is 6.07 Å². The molecule has 0 radical (unpaired) electrons. The van der Waals surface area contributed by atoms with Crippen LogP contribution in [0.2, 0.25) is 0 Å². The lowest BCUT2D eigenvalue weighted by Crippen LogP contribution is -2.02. The van der Waals surface area contributed by atoms with E-state index in [9.17, 15) is 4.79 Å². The molecular weight excluding hydrogens is 210 g/mol. The molecule has 2 rings (SSSR count). The summed E-state index contributed by atoms with van der Waals surface area (Å²) in [7, 11) is 0. The molecule has 1 aromatic rings. The average Bonchev–Trinajstić information content (AvgIpc) is 2.38. The van der Waals surface area contributed by atoms with Crippen molar-refractivity contribution in [2.45, 2.75) is 13.3 Å². The van der Waals surface area contributed by atoms with Gasteiger partial charge in [0.2, 0.25) is 0 Å². The molecule has 0 spiro atoms. The number of hydrogen-bond acceptors (Lipinski definition) is 2. The molecule has 1 unspecified atom stereocenters. The fraction of sp³-hybridized carbons (Fsp3) is 0.200. The Labute approximate surface area is 101 Å². The Morgan fingerprint density at radius 2 is 2.18 bits per heavy atom. The summed E-state index contributed by atoms with van der Waals surface area (Å²) in [5.41, 5.74) is 3.88. The van der Waals surface area contributed by atoms with Crippen molar-refractivity contribution in [1.82, 2.24) is 0 Å². The number of carbonyl (C=O) groups excluding carboxylic acids is 1. The minimum atomic E-state index is -0.0397. The molecule has 0 N–H and O–H groups in total. The third-order valence-corrected chi connectivity index (χ3v) is 3.02. The summed E-state index contributed by atoms with van der Waals surface area (Å²) in [6.45, 7) is 2.02. The smallest absolute Gasteiger partial charge is 0.150 e. The maximum absolute atomic E-state index is 11.0. The largest absolute Gasteiger partial charge is 0.298 e. The van der Waals surface area contributed by atoms with Gasteiger partial charge in [-0.15, -0.1) is 0 Å². The first-order chi connectivity index (χ1) is 8.26. The molecule has 1 aliphatic rings. The second-order valence-corrected chi connectivity index (χ2v) is 4.20. The maximum Gasteiger partial charge on any atom is 0.150 e. The first kappa shape index (κ1) is 11.3. The predicted octanol–water partition coefficient (Wildman–Crippen LogP) is 3.37. The van der Waals surface area contributed by atoms with Crippen molar-refractivity contribution < 1.29 is 4.79 Å². The topological polar surface area (TPSA) is 40.9 Å². The number of nitrogens with zero attached hydrogens (tertiary/aromatic N) is 1. The number of rotatable bonds is 2. The van der Waals surface area contributed by atoms with Gasteiger partial charge in [0.15, 0.2) is 6.29 Å². The second kappa shape index (κ2) is 4.80. The number of allylic oxidation sites excluding steroid dienone is 4. The van der Waals surface area contributed by atoms with Gasteiger partial charge < -0.3 is 0 Å².